The maximum absolute atomic E-state index is 12.0. The second kappa shape index (κ2) is 6.83. The number of carboxylic acid groups (broad SMARTS) is 1. The third kappa shape index (κ3) is 3.90. The number of fused-ring (bicyclic) bond motifs is 1. The number of amides is 1. The molecule has 1 amide bonds. The number of carbonyl (C=O) groups excluding carboxylic acids is 1. The second-order valence-electron chi connectivity index (χ2n) is 5.74. The van der Waals surface area contributed by atoms with E-state index in [1.807, 2.05) is 0 Å². The number of rotatable bonds is 5. The summed E-state index contributed by atoms with van der Waals surface area (Å²) in [6.45, 7) is 0.787. The standard InChI is InChI=1S/C17H19NO5/c19-16(7-5-13-3-1-2-8-22-13)18-12-4-6-14-11(9-12)10-15(23-14)17(20)21/h4,6,9-10,13H,1-3,5,7-8H2,(H,18,19)(H,20,21). The Bertz CT molecular complexity index is 715. The Morgan fingerprint density at radius 2 is 2.13 bits per heavy atom. The molecule has 3 rings (SSSR count). The van der Waals surface area contributed by atoms with Crippen molar-refractivity contribution in [2.45, 2.75) is 38.2 Å². The highest BCUT2D eigenvalue weighted by Gasteiger charge is 2.16. The number of carbonyl (C=O) groups is 2. The van der Waals surface area contributed by atoms with Crippen LogP contribution in [0.25, 0.3) is 11.0 Å². The number of benzene rings is 1. The van der Waals surface area contributed by atoms with Crippen LogP contribution in [0.4, 0.5) is 5.69 Å². The summed E-state index contributed by atoms with van der Waals surface area (Å²) in [6.07, 6.45) is 4.61. The number of nitrogens with one attached hydrogen (secondary N) is 1. The van der Waals surface area contributed by atoms with Crippen molar-refractivity contribution < 1.29 is 23.8 Å². The lowest BCUT2D eigenvalue weighted by Crippen LogP contribution is -2.21. The van der Waals surface area contributed by atoms with E-state index < -0.39 is 5.97 Å². The third-order valence-corrected chi connectivity index (χ3v) is 3.98. The van der Waals surface area contributed by atoms with Crippen molar-refractivity contribution in [1.82, 2.24) is 0 Å². The summed E-state index contributed by atoms with van der Waals surface area (Å²) in [5.41, 5.74) is 1.11. The number of carboxylic acids is 1. The molecule has 0 aliphatic carbocycles. The smallest absolute Gasteiger partial charge is 0.371 e. The van der Waals surface area contributed by atoms with Gasteiger partial charge in [-0.1, -0.05) is 0 Å². The van der Waals surface area contributed by atoms with Gasteiger partial charge in [0.15, 0.2) is 0 Å². The summed E-state index contributed by atoms with van der Waals surface area (Å²) in [6, 6.07) is 6.51. The molecule has 6 heteroatoms. The van der Waals surface area contributed by atoms with Crippen LogP contribution >= 0.6 is 0 Å². The zero-order valence-electron chi connectivity index (χ0n) is 12.7. The van der Waals surface area contributed by atoms with E-state index >= 15 is 0 Å². The molecular formula is C17H19NO5. The molecule has 0 radical (unpaired) electrons. The lowest BCUT2D eigenvalue weighted by molar-refractivity contribution is -0.117. The molecule has 0 bridgehead atoms. The van der Waals surface area contributed by atoms with E-state index in [1.165, 1.54) is 6.07 Å². The predicted octanol–water partition coefficient (Wildman–Crippen LogP) is 3.42. The first-order valence-corrected chi connectivity index (χ1v) is 7.80. The average molecular weight is 317 g/mol. The van der Waals surface area contributed by atoms with E-state index in [0.717, 1.165) is 32.3 Å². The monoisotopic (exact) mass is 317 g/mol. The number of furan rings is 1. The van der Waals surface area contributed by atoms with Gasteiger partial charge in [-0.15, -0.1) is 0 Å². The molecule has 2 aromatic rings. The van der Waals surface area contributed by atoms with Gasteiger partial charge < -0.3 is 19.6 Å². The van der Waals surface area contributed by atoms with Gasteiger partial charge in [0.05, 0.1) is 6.10 Å². The van der Waals surface area contributed by atoms with Gasteiger partial charge in [-0.2, -0.15) is 0 Å². The topological polar surface area (TPSA) is 88.8 Å². The van der Waals surface area contributed by atoms with Gasteiger partial charge in [0.2, 0.25) is 11.7 Å². The first kappa shape index (κ1) is 15.6. The van der Waals surface area contributed by atoms with E-state index in [-0.39, 0.29) is 17.8 Å². The van der Waals surface area contributed by atoms with Crippen LogP contribution in [0.2, 0.25) is 0 Å². The fourth-order valence-electron chi connectivity index (χ4n) is 2.78. The van der Waals surface area contributed by atoms with Crippen LogP contribution in [-0.4, -0.2) is 29.7 Å². The van der Waals surface area contributed by atoms with Gasteiger partial charge in [0, 0.05) is 24.1 Å². The minimum atomic E-state index is -1.11. The maximum Gasteiger partial charge on any atom is 0.371 e. The summed E-state index contributed by atoms with van der Waals surface area (Å²) >= 11 is 0. The molecule has 1 saturated heterocycles. The summed E-state index contributed by atoms with van der Waals surface area (Å²) in [4.78, 5) is 22.9. The molecule has 1 atom stereocenters. The number of aromatic carboxylic acids is 1. The Morgan fingerprint density at radius 1 is 1.26 bits per heavy atom. The molecular weight excluding hydrogens is 298 g/mol. The molecule has 1 aromatic carbocycles. The Balaban J connectivity index is 1.59. The van der Waals surface area contributed by atoms with Crippen molar-refractivity contribution >= 4 is 28.5 Å². The molecule has 1 fully saturated rings. The number of hydrogen-bond donors (Lipinski definition) is 2. The highest BCUT2D eigenvalue weighted by Crippen LogP contribution is 2.23. The van der Waals surface area contributed by atoms with Gasteiger partial charge in [-0.3, -0.25) is 4.79 Å². The molecule has 2 N–H and O–H groups in total. The van der Waals surface area contributed by atoms with E-state index in [1.54, 1.807) is 18.2 Å². The lowest BCUT2D eigenvalue weighted by atomic mass is 10.0. The molecule has 122 valence electrons. The van der Waals surface area contributed by atoms with Crippen molar-refractivity contribution in [1.29, 1.82) is 0 Å². The molecule has 6 nitrogen and oxygen atoms in total. The van der Waals surface area contributed by atoms with Gasteiger partial charge in [-0.25, -0.2) is 4.79 Å². The van der Waals surface area contributed by atoms with E-state index in [4.69, 9.17) is 14.3 Å². The average Bonchev–Trinajstić information content (AvgIpc) is 2.97. The third-order valence-electron chi connectivity index (χ3n) is 3.98. The molecule has 1 aliphatic rings. The summed E-state index contributed by atoms with van der Waals surface area (Å²) in [5, 5.41) is 12.4. The largest absolute Gasteiger partial charge is 0.475 e. The van der Waals surface area contributed by atoms with E-state index in [9.17, 15) is 9.59 Å². The Labute approximate surface area is 133 Å². The Hall–Kier alpha value is -2.34. The molecule has 1 unspecified atom stereocenters. The van der Waals surface area contributed by atoms with Gasteiger partial charge in [0.25, 0.3) is 0 Å². The quantitative estimate of drug-likeness (QED) is 0.882. The first-order chi connectivity index (χ1) is 11.1. The van der Waals surface area contributed by atoms with E-state index in [0.29, 0.717) is 23.1 Å². The predicted molar refractivity (Wildman–Crippen MR) is 84.6 cm³/mol. The van der Waals surface area contributed by atoms with Crippen LogP contribution in [0.5, 0.6) is 0 Å². The fourth-order valence-corrected chi connectivity index (χ4v) is 2.78. The van der Waals surface area contributed by atoms with Crippen LogP contribution in [0.3, 0.4) is 0 Å². The number of hydrogen-bond acceptors (Lipinski definition) is 4. The zero-order chi connectivity index (χ0) is 16.2. The Morgan fingerprint density at radius 3 is 2.87 bits per heavy atom. The maximum atomic E-state index is 12.0. The highest BCUT2D eigenvalue weighted by molar-refractivity contribution is 5.95. The number of ether oxygens (including phenoxy) is 1. The van der Waals surface area contributed by atoms with Crippen molar-refractivity contribution in [2.24, 2.45) is 0 Å². The van der Waals surface area contributed by atoms with Crippen LogP contribution in [0.1, 0.15) is 42.7 Å². The first-order valence-electron chi connectivity index (χ1n) is 7.80. The van der Waals surface area contributed by atoms with Crippen molar-refractivity contribution in [2.75, 3.05) is 11.9 Å². The minimum absolute atomic E-state index is 0.0690. The van der Waals surface area contributed by atoms with Crippen LogP contribution in [-0.2, 0) is 9.53 Å². The van der Waals surface area contributed by atoms with Gasteiger partial charge in [0.1, 0.15) is 5.58 Å². The van der Waals surface area contributed by atoms with Crippen molar-refractivity contribution in [3.8, 4) is 0 Å². The lowest BCUT2D eigenvalue weighted by Gasteiger charge is -2.22. The highest BCUT2D eigenvalue weighted by atomic mass is 16.5. The summed E-state index contributed by atoms with van der Waals surface area (Å²) in [5.74, 6) is -1.29. The summed E-state index contributed by atoms with van der Waals surface area (Å²) in [7, 11) is 0. The van der Waals surface area contributed by atoms with Gasteiger partial charge in [-0.05, 0) is 49.9 Å². The van der Waals surface area contributed by atoms with Crippen molar-refractivity contribution in [3.05, 3.63) is 30.0 Å². The number of anilines is 1. The molecule has 1 aliphatic heterocycles. The molecule has 0 saturated carbocycles. The minimum Gasteiger partial charge on any atom is -0.475 e. The fraction of sp³-hybridized carbons (Fsp3) is 0.412. The molecule has 0 spiro atoms. The SMILES string of the molecule is O=C(CCC1CCCCO1)Nc1ccc2oc(C(=O)O)cc2c1. The molecule has 23 heavy (non-hydrogen) atoms. The Kier molecular flexibility index (Phi) is 4.62. The molecule has 1 aromatic heterocycles. The van der Waals surface area contributed by atoms with Crippen LogP contribution in [0, 0.1) is 0 Å². The van der Waals surface area contributed by atoms with Crippen LogP contribution < -0.4 is 5.32 Å². The second-order valence-corrected chi connectivity index (χ2v) is 5.74. The van der Waals surface area contributed by atoms with Crippen molar-refractivity contribution in [3.63, 3.8) is 0 Å². The summed E-state index contributed by atoms with van der Waals surface area (Å²) < 4.78 is 10.8. The molecule has 2 heterocycles. The van der Waals surface area contributed by atoms with Gasteiger partial charge >= 0.3 is 5.97 Å². The zero-order valence-corrected chi connectivity index (χ0v) is 12.7. The van der Waals surface area contributed by atoms with Crippen LogP contribution in [0.15, 0.2) is 28.7 Å². The van der Waals surface area contributed by atoms with E-state index in [2.05, 4.69) is 5.32 Å². The normalized spacial score (nSPS) is 18.0.